The van der Waals surface area contributed by atoms with E-state index < -0.39 is 0 Å². The smallest absolute Gasteiger partial charge is 0.0761 e. The minimum atomic E-state index is 0.699. The van der Waals surface area contributed by atoms with E-state index in [9.17, 15) is 0 Å². The van der Waals surface area contributed by atoms with Gasteiger partial charge in [0.15, 0.2) is 0 Å². The van der Waals surface area contributed by atoms with Crippen LogP contribution in [-0.2, 0) is 6.54 Å². The molecule has 1 aromatic heterocycles. The zero-order valence-electron chi connectivity index (χ0n) is 9.62. The molecule has 1 aliphatic carbocycles. The topological polar surface area (TPSA) is 24.9 Å². The lowest BCUT2D eigenvalue weighted by Gasteiger charge is -2.26. The van der Waals surface area contributed by atoms with Crippen molar-refractivity contribution in [1.29, 1.82) is 0 Å². The van der Waals surface area contributed by atoms with Gasteiger partial charge >= 0.3 is 0 Å². The number of pyridine rings is 1. The molecule has 1 aromatic carbocycles. The highest BCUT2D eigenvalue weighted by Crippen LogP contribution is 2.25. The molecule has 0 atom stereocenters. The molecule has 0 amide bonds. The predicted octanol–water partition coefficient (Wildman–Crippen LogP) is 3.53. The molecular weight excluding hydrogens is 232 g/mol. The maximum absolute atomic E-state index is 6.17. The summed E-state index contributed by atoms with van der Waals surface area (Å²) < 4.78 is 0. The number of hydrogen-bond acceptors (Lipinski definition) is 2. The van der Waals surface area contributed by atoms with Gasteiger partial charge < -0.3 is 5.32 Å². The average molecular weight is 247 g/mol. The Hall–Kier alpha value is -1.12. The van der Waals surface area contributed by atoms with Gasteiger partial charge in [-0.3, -0.25) is 4.98 Å². The van der Waals surface area contributed by atoms with Crippen molar-refractivity contribution in [3.63, 3.8) is 0 Å². The first-order chi connectivity index (χ1) is 8.34. The Morgan fingerprint density at radius 1 is 1.29 bits per heavy atom. The fraction of sp³-hybridized carbons (Fsp3) is 0.357. The molecule has 0 radical (unpaired) electrons. The van der Waals surface area contributed by atoms with Gasteiger partial charge in [0.2, 0.25) is 0 Å². The third-order valence-corrected chi connectivity index (χ3v) is 3.82. The van der Waals surface area contributed by atoms with Crippen molar-refractivity contribution in [1.82, 2.24) is 10.3 Å². The maximum atomic E-state index is 6.17. The molecule has 2 nitrogen and oxygen atoms in total. The lowest BCUT2D eigenvalue weighted by atomic mass is 9.93. The van der Waals surface area contributed by atoms with Gasteiger partial charge in [0.05, 0.1) is 5.52 Å². The summed E-state index contributed by atoms with van der Waals surface area (Å²) in [6, 6.07) is 8.69. The molecule has 1 aliphatic rings. The van der Waals surface area contributed by atoms with Gasteiger partial charge in [-0.25, -0.2) is 0 Å². The van der Waals surface area contributed by atoms with Crippen LogP contribution in [0.25, 0.3) is 10.9 Å². The van der Waals surface area contributed by atoms with Gasteiger partial charge in [-0.1, -0.05) is 24.1 Å². The van der Waals surface area contributed by atoms with Gasteiger partial charge in [-0.15, -0.1) is 0 Å². The Balaban J connectivity index is 1.90. The standard InChI is InChI=1S/C14H15ClN2/c15-13-7-6-10(9-17-11-3-1-4-11)14-12(13)5-2-8-16-14/h2,5-8,11,17H,1,3-4,9H2. The summed E-state index contributed by atoms with van der Waals surface area (Å²) in [5, 5.41) is 5.39. The highest BCUT2D eigenvalue weighted by Gasteiger charge is 2.16. The number of benzene rings is 1. The van der Waals surface area contributed by atoms with Crippen LogP contribution in [0.1, 0.15) is 24.8 Å². The Kier molecular flexibility index (Phi) is 3.00. The molecule has 0 spiro atoms. The monoisotopic (exact) mass is 246 g/mol. The number of halogens is 1. The molecule has 1 heterocycles. The van der Waals surface area contributed by atoms with Crippen molar-refractivity contribution in [3.05, 3.63) is 41.0 Å². The average Bonchev–Trinajstić information content (AvgIpc) is 2.30. The zero-order chi connectivity index (χ0) is 11.7. The van der Waals surface area contributed by atoms with Gasteiger partial charge in [0.1, 0.15) is 0 Å². The third-order valence-electron chi connectivity index (χ3n) is 3.49. The zero-order valence-corrected chi connectivity index (χ0v) is 10.4. The van der Waals surface area contributed by atoms with Crippen LogP contribution < -0.4 is 5.32 Å². The minimum Gasteiger partial charge on any atom is -0.310 e. The molecule has 1 N–H and O–H groups in total. The summed E-state index contributed by atoms with van der Waals surface area (Å²) in [7, 11) is 0. The molecule has 0 unspecified atom stereocenters. The maximum Gasteiger partial charge on any atom is 0.0761 e. The van der Waals surface area contributed by atoms with E-state index in [1.165, 1.54) is 24.8 Å². The summed E-state index contributed by atoms with van der Waals surface area (Å²) in [6.07, 6.45) is 5.79. The van der Waals surface area contributed by atoms with Crippen molar-refractivity contribution in [2.75, 3.05) is 0 Å². The molecule has 17 heavy (non-hydrogen) atoms. The van der Waals surface area contributed by atoms with Crippen molar-refractivity contribution < 1.29 is 0 Å². The van der Waals surface area contributed by atoms with E-state index in [-0.39, 0.29) is 0 Å². The van der Waals surface area contributed by atoms with E-state index in [2.05, 4.69) is 16.4 Å². The Bertz CT molecular complexity index is 535. The van der Waals surface area contributed by atoms with Gasteiger partial charge in [0.25, 0.3) is 0 Å². The van der Waals surface area contributed by atoms with Crippen molar-refractivity contribution in [2.45, 2.75) is 31.8 Å². The number of hydrogen-bond donors (Lipinski definition) is 1. The molecule has 3 heteroatoms. The molecular formula is C14H15ClN2. The Morgan fingerprint density at radius 2 is 2.18 bits per heavy atom. The summed E-state index contributed by atoms with van der Waals surface area (Å²) in [5.41, 5.74) is 2.25. The van der Waals surface area contributed by atoms with E-state index in [4.69, 9.17) is 11.6 Å². The summed E-state index contributed by atoms with van der Waals surface area (Å²) in [6.45, 7) is 0.884. The van der Waals surface area contributed by atoms with E-state index in [1.807, 2.05) is 24.4 Å². The number of nitrogens with zero attached hydrogens (tertiary/aromatic N) is 1. The van der Waals surface area contributed by atoms with Crippen LogP contribution in [0.5, 0.6) is 0 Å². The Labute approximate surface area is 106 Å². The molecule has 1 fully saturated rings. The normalized spacial score (nSPS) is 16.1. The van der Waals surface area contributed by atoms with Crippen LogP contribution in [0.15, 0.2) is 30.5 Å². The largest absolute Gasteiger partial charge is 0.310 e. The second-order valence-electron chi connectivity index (χ2n) is 4.61. The van der Waals surface area contributed by atoms with E-state index in [0.29, 0.717) is 6.04 Å². The highest BCUT2D eigenvalue weighted by atomic mass is 35.5. The number of fused-ring (bicyclic) bond motifs is 1. The summed E-state index contributed by atoms with van der Waals surface area (Å²) in [4.78, 5) is 4.44. The lowest BCUT2D eigenvalue weighted by Crippen LogP contribution is -2.34. The van der Waals surface area contributed by atoms with Crippen molar-refractivity contribution >= 4 is 22.5 Å². The lowest BCUT2D eigenvalue weighted by molar-refractivity contribution is 0.338. The highest BCUT2D eigenvalue weighted by molar-refractivity contribution is 6.35. The van der Waals surface area contributed by atoms with Crippen LogP contribution in [0, 0.1) is 0 Å². The second kappa shape index (κ2) is 4.63. The fourth-order valence-corrected chi connectivity index (χ4v) is 2.42. The third kappa shape index (κ3) is 2.15. The van der Waals surface area contributed by atoms with Gasteiger partial charge in [-0.05, 0) is 36.6 Å². The molecule has 1 saturated carbocycles. The first kappa shape index (κ1) is 11.0. The van der Waals surface area contributed by atoms with E-state index >= 15 is 0 Å². The van der Waals surface area contributed by atoms with Crippen LogP contribution in [0.4, 0.5) is 0 Å². The second-order valence-corrected chi connectivity index (χ2v) is 5.02. The minimum absolute atomic E-state index is 0.699. The molecule has 0 bridgehead atoms. The number of rotatable bonds is 3. The Morgan fingerprint density at radius 3 is 2.94 bits per heavy atom. The number of aromatic nitrogens is 1. The predicted molar refractivity (Wildman–Crippen MR) is 71.2 cm³/mol. The molecule has 88 valence electrons. The fourth-order valence-electron chi connectivity index (χ4n) is 2.21. The van der Waals surface area contributed by atoms with Crippen LogP contribution >= 0.6 is 11.6 Å². The molecule has 2 aromatic rings. The van der Waals surface area contributed by atoms with E-state index in [0.717, 1.165) is 22.5 Å². The summed E-state index contributed by atoms with van der Waals surface area (Å²) >= 11 is 6.17. The first-order valence-electron chi connectivity index (χ1n) is 6.10. The van der Waals surface area contributed by atoms with E-state index in [1.54, 1.807) is 0 Å². The SMILES string of the molecule is Clc1ccc(CNC2CCC2)c2ncccc12. The molecule has 0 aliphatic heterocycles. The van der Waals surface area contributed by atoms with Crippen LogP contribution in [-0.4, -0.2) is 11.0 Å². The first-order valence-corrected chi connectivity index (χ1v) is 6.48. The van der Waals surface area contributed by atoms with Crippen LogP contribution in [0.3, 0.4) is 0 Å². The van der Waals surface area contributed by atoms with Crippen LogP contribution in [0.2, 0.25) is 5.02 Å². The van der Waals surface area contributed by atoms with Crippen molar-refractivity contribution in [3.8, 4) is 0 Å². The molecule has 0 saturated heterocycles. The summed E-state index contributed by atoms with van der Waals surface area (Å²) in [5.74, 6) is 0. The van der Waals surface area contributed by atoms with Crippen molar-refractivity contribution in [2.24, 2.45) is 0 Å². The number of nitrogens with one attached hydrogen (secondary N) is 1. The molecule has 3 rings (SSSR count). The van der Waals surface area contributed by atoms with Gasteiger partial charge in [-0.2, -0.15) is 0 Å². The quantitative estimate of drug-likeness (QED) is 0.896. The van der Waals surface area contributed by atoms with Gasteiger partial charge in [0, 0.05) is 29.2 Å².